The third kappa shape index (κ3) is 2.47. The number of amides is 2. The van der Waals surface area contributed by atoms with Crippen LogP contribution in [-0.4, -0.2) is 17.2 Å². The molecule has 1 aromatic heterocycles. The smallest absolute Gasteiger partial charge is 0.320 e. The van der Waals surface area contributed by atoms with Crippen molar-refractivity contribution in [3.8, 4) is 0 Å². The number of fused-ring (bicyclic) bond motifs is 3. The number of aromatic nitrogens is 1. The van der Waals surface area contributed by atoms with E-state index in [2.05, 4.69) is 40.1 Å². The quantitative estimate of drug-likeness (QED) is 0.895. The van der Waals surface area contributed by atoms with Crippen LogP contribution in [0, 0.1) is 11.8 Å². The fraction of sp³-hybridized carbons (Fsp3) is 0.412. The molecule has 2 amide bonds. The van der Waals surface area contributed by atoms with Gasteiger partial charge >= 0.3 is 6.03 Å². The van der Waals surface area contributed by atoms with Crippen molar-refractivity contribution in [2.45, 2.75) is 31.7 Å². The topological polar surface area (TPSA) is 67.2 Å². The molecule has 5 nitrogen and oxygen atoms in total. The summed E-state index contributed by atoms with van der Waals surface area (Å²) in [6, 6.07) is 10.3. The van der Waals surface area contributed by atoms with Crippen LogP contribution in [0.5, 0.6) is 0 Å². The van der Waals surface area contributed by atoms with E-state index in [1.165, 1.54) is 30.2 Å². The zero-order valence-corrected chi connectivity index (χ0v) is 12.3. The maximum absolute atomic E-state index is 12.2. The molecule has 2 aliphatic rings. The van der Waals surface area contributed by atoms with Gasteiger partial charge in [0, 0.05) is 12.1 Å². The maximum Gasteiger partial charge on any atom is 0.320 e. The van der Waals surface area contributed by atoms with Crippen molar-refractivity contribution in [1.82, 2.24) is 10.5 Å². The molecule has 114 valence electrons. The molecule has 5 heteroatoms. The lowest BCUT2D eigenvalue weighted by Gasteiger charge is -2.23. The molecule has 1 heterocycles. The van der Waals surface area contributed by atoms with Crippen LogP contribution in [0.3, 0.4) is 0 Å². The van der Waals surface area contributed by atoms with E-state index in [-0.39, 0.29) is 12.1 Å². The van der Waals surface area contributed by atoms with Crippen LogP contribution >= 0.6 is 0 Å². The van der Waals surface area contributed by atoms with Gasteiger partial charge in [0.05, 0.1) is 0 Å². The summed E-state index contributed by atoms with van der Waals surface area (Å²) in [6.45, 7) is 0. The Bertz CT molecular complexity index is 635. The molecule has 2 aromatic rings. The minimum atomic E-state index is -0.193. The minimum absolute atomic E-state index is 0.193. The Morgan fingerprint density at radius 1 is 1.09 bits per heavy atom. The van der Waals surface area contributed by atoms with Gasteiger partial charge in [-0.25, -0.2) is 4.79 Å². The standard InChI is InChI=1S/C17H19N3O2/c21-17(18-15-7-8-22-20-15)19-16-13-5-6-14(16)10-12-4-2-1-3-11(12)9-13/h1-4,7-8,13-14,16H,5-6,9-10H2,(H2,18,19,20,21). The number of hydrogen-bond donors (Lipinski definition) is 2. The lowest BCUT2D eigenvalue weighted by molar-refractivity contribution is 0.240. The maximum atomic E-state index is 12.2. The first-order valence-corrected chi connectivity index (χ1v) is 7.84. The normalized spacial score (nSPS) is 26.1. The molecule has 0 aliphatic heterocycles. The second kappa shape index (κ2) is 5.48. The summed E-state index contributed by atoms with van der Waals surface area (Å²) < 4.78 is 4.73. The Morgan fingerprint density at radius 2 is 1.77 bits per heavy atom. The van der Waals surface area contributed by atoms with Gasteiger partial charge in [-0.05, 0) is 48.6 Å². The Morgan fingerprint density at radius 3 is 2.36 bits per heavy atom. The third-order valence-electron chi connectivity index (χ3n) is 4.98. The second-order valence-electron chi connectivity index (χ2n) is 6.28. The Labute approximate surface area is 129 Å². The van der Waals surface area contributed by atoms with E-state index in [0.29, 0.717) is 17.7 Å². The number of urea groups is 1. The summed E-state index contributed by atoms with van der Waals surface area (Å²) >= 11 is 0. The largest absolute Gasteiger partial charge is 0.363 e. The molecule has 2 unspecified atom stereocenters. The predicted molar refractivity (Wildman–Crippen MR) is 82.5 cm³/mol. The average molecular weight is 297 g/mol. The molecule has 1 saturated carbocycles. The van der Waals surface area contributed by atoms with Crippen molar-refractivity contribution < 1.29 is 9.32 Å². The summed E-state index contributed by atoms with van der Waals surface area (Å²) in [5.74, 6) is 1.50. The van der Waals surface area contributed by atoms with E-state index in [9.17, 15) is 4.79 Å². The van der Waals surface area contributed by atoms with E-state index in [4.69, 9.17) is 4.52 Å². The lowest BCUT2D eigenvalue weighted by atomic mass is 9.94. The molecule has 0 radical (unpaired) electrons. The first-order valence-electron chi connectivity index (χ1n) is 7.84. The number of benzene rings is 1. The Hall–Kier alpha value is -2.30. The van der Waals surface area contributed by atoms with Gasteiger partial charge in [-0.2, -0.15) is 0 Å². The van der Waals surface area contributed by atoms with Crippen molar-refractivity contribution in [1.29, 1.82) is 0 Å². The SMILES string of the molecule is O=C(Nc1ccon1)NC1C2CCC1Cc1ccccc1C2. The number of carbonyl (C=O) groups excluding carboxylic acids is 1. The number of rotatable bonds is 2. The van der Waals surface area contributed by atoms with Crippen LogP contribution in [0.15, 0.2) is 41.1 Å². The molecular weight excluding hydrogens is 278 g/mol. The van der Waals surface area contributed by atoms with Crippen molar-refractivity contribution >= 4 is 11.8 Å². The molecule has 0 saturated heterocycles. The second-order valence-corrected chi connectivity index (χ2v) is 6.28. The summed E-state index contributed by atoms with van der Waals surface area (Å²) in [6.07, 6.45) is 5.94. The van der Waals surface area contributed by atoms with Gasteiger partial charge in [-0.3, -0.25) is 5.32 Å². The molecule has 22 heavy (non-hydrogen) atoms. The Balaban J connectivity index is 1.48. The number of anilines is 1. The highest BCUT2D eigenvalue weighted by Gasteiger charge is 2.39. The molecule has 2 N–H and O–H groups in total. The summed E-state index contributed by atoms with van der Waals surface area (Å²) in [5, 5.41) is 9.59. The van der Waals surface area contributed by atoms with E-state index in [1.54, 1.807) is 6.07 Å². The number of nitrogens with zero attached hydrogens (tertiary/aromatic N) is 1. The highest BCUT2D eigenvalue weighted by atomic mass is 16.5. The Kier molecular flexibility index (Phi) is 3.33. The first kappa shape index (κ1) is 13.4. The van der Waals surface area contributed by atoms with Gasteiger partial charge in [-0.15, -0.1) is 0 Å². The van der Waals surface area contributed by atoms with E-state index in [0.717, 1.165) is 12.8 Å². The number of carbonyl (C=O) groups is 1. The van der Waals surface area contributed by atoms with Crippen LogP contribution in [0.4, 0.5) is 10.6 Å². The molecule has 0 spiro atoms. The highest BCUT2D eigenvalue weighted by Crippen LogP contribution is 2.40. The van der Waals surface area contributed by atoms with E-state index in [1.807, 2.05) is 0 Å². The van der Waals surface area contributed by atoms with Crippen LogP contribution in [0.25, 0.3) is 0 Å². The molecule has 1 aromatic carbocycles. The first-order chi connectivity index (χ1) is 10.8. The average Bonchev–Trinajstić information content (AvgIpc) is 3.08. The zero-order valence-electron chi connectivity index (χ0n) is 12.3. The fourth-order valence-corrected chi connectivity index (χ4v) is 3.97. The highest BCUT2D eigenvalue weighted by molar-refractivity contribution is 5.88. The van der Waals surface area contributed by atoms with Crippen LogP contribution < -0.4 is 10.6 Å². The number of nitrogens with one attached hydrogen (secondary N) is 2. The van der Waals surface area contributed by atoms with Gasteiger partial charge in [-0.1, -0.05) is 29.4 Å². The van der Waals surface area contributed by atoms with Gasteiger partial charge in [0.25, 0.3) is 0 Å². The predicted octanol–water partition coefficient (Wildman–Crippen LogP) is 2.99. The molecule has 4 rings (SSSR count). The fourth-order valence-electron chi connectivity index (χ4n) is 3.97. The number of hydrogen-bond acceptors (Lipinski definition) is 3. The van der Waals surface area contributed by atoms with E-state index >= 15 is 0 Å². The minimum Gasteiger partial charge on any atom is -0.363 e. The summed E-state index contributed by atoms with van der Waals surface area (Å²) in [7, 11) is 0. The molecule has 2 aliphatic carbocycles. The zero-order chi connectivity index (χ0) is 14.9. The van der Waals surface area contributed by atoms with Crippen molar-refractivity contribution in [2.24, 2.45) is 11.8 Å². The summed E-state index contributed by atoms with van der Waals surface area (Å²) in [4.78, 5) is 12.2. The van der Waals surface area contributed by atoms with Crippen LogP contribution in [-0.2, 0) is 12.8 Å². The molecule has 2 atom stereocenters. The van der Waals surface area contributed by atoms with Crippen LogP contribution in [0.2, 0.25) is 0 Å². The van der Waals surface area contributed by atoms with E-state index < -0.39 is 0 Å². The van der Waals surface area contributed by atoms with Crippen LogP contribution in [0.1, 0.15) is 24.0 Å². The van der Waals surface area contributed by atoms with Gasteiger partial charge in [0.2, 0.25) is 0 Å². The van der Waals surface area contributed by atoms with Gasteiger partial charge in [0.1, 0.15) is 6.26 Å². The lowest BCUT2D eigenvalue weighted by Crippen LogP contribution is -2.44. The van der Waals surface area contributed by atoms with Gasteiger partial charge < -0.3 is 9.84 Å². The molecular formula is C17H19N3O2. The monoisotopic (exact) mass is 297 g/mol. The van der Waals surface area contributed by atoms with Crippen molar-refractivity contribution in [3.63, 3.8) is 0 Å². The van der Waals surface area contributed by atoms with Crippen molar-refractivity contribution in [3.05, 3.63) is 47.7 Å². The third-order valence-corrected chi connectivity index (χ3v) is 4.98. The molecule has 2 bridgehead atoms. The van der Waals surface area contributed by atoms with Crippen molar-refractivity contribution in [2.75, 3.05) is 5.32 Å². The molecule has 1 fully saturated rings. The van der Waals surface area contributed by atoms with Gasteiger partial charge in [0.15, 0.2) is 5.82 Å². The summed E-state index contributed by atoms with van der Waals surface area (Å²) in [5.41, 5.74) is 2.89.